The molecule has 2 heteroatoms. The van der Waals surface area contributed by atoms with E-state index in [2.05, 4.69) is 4.90 Å². The van der Waals surface area contributed by atoms with E-state index >= 15 is 0 Å². The van der Waals surface area contributed by atoms with E-state index in [-0.39, 0.29) is 6.10 Å². The Morgan fingerprint density at radius 3 is 1.64 bits per heavy atom. The second-order valence-corrected chi connectivity index (χ2v) is 2.98. The third-order valence-electron chi connectivity index (χ3n) is 1.48. The first-order valence-electron chi connectivity index (χ1n) is 4.37. The molecule has 0 amide bonds. The van der Waals surface area contributed by atoms with Crippen LogP contribution in [-0.2, 0) is 0 Å². The molecular weight excluding hydrogens is 138 g/mol. The lowest BCUT2D eigenvalue weighted by molar-refractivity contribution is 0.116. The molecule has 0 aliphatic rings. The van der Waals surface area contributed by atoms with Crippen LogP contribution in [0.3, 0.4) is 0 Å². The number of hydrogen-bond donors (Lipinski definition) is 1. The summed E-state index contributed by atoms with van der Waals surface area (Å²) >= 11 is 0. The monoisotopic (exact) mass is 161 g/mol. The lowest BCUT2D eigenvalue weighted by Gasteiger charge is -2.18. The molecule has 2 unspecified atom stereocenters. The quantitative estimate of drug-likeness (QED) is 0.679. The van der Waals surface area contributed by atoms with Crippen molar-refractivity contribution in [2.24, 2.45) is 5.92 Å². The maximum Gasteiger partial charge on any atom is 0.0549 e. The molecule has 0 aromatic rings. The zero-order chi connectivity index (χ0) is 9.44. The Kier molecular flexibility index (Phi) is 9.85. The Morgan fingerprint density at radius 2 is 1.55 bits per heavy atom. The average molecular weight is 161 g/mol. The highest BCUT2D eigenvalue weighted by Gasteiger charge is 2.08. The molecule has 2 atom stereocenters. The maximum atomic E-state index is 9.04. The minimum absolute atomic E-state index is 0.188. The predicted molar refractivity (Wildman–Crippen MR) is 50.7 cm³/mol. The Balaban J connectivity index is 0. The maximum absolute atomic E-state index is 9.04. The van der Waals surface area contributed by atoms with Gasteiger partial charge in [0.05, 0.1) is 6.10 Å². The first-order chi connectivity index (χ1) is 5.04. The summed E-state index contributed by atoms with van der Waals surface area (Å²) in [6.07, 6.45) is -0.188. The van der Waals surface area contributed by atoms with Crippen molar-refractivity contribution in [1.82, 2.24) is 4.90 Å². The van der Waals surface area contributed by atoms with Crippen molar-refractivity contribution in [2.45, 2.75) is 33.8 Å². The number of rotatable bonds is 3. The number of nitrogens with zero attached hydrogens (tertiary/aromatic N) is 1. The molecule has 0 radical (unpaired) electrons. The molecule has 0 aliphatic carbocycles. The first kappa shape index (κ1) is 13.5. The topological polar surface area (TPSA) is 23.5 Å². The van der Waals surface area contributed by atoms with E-state index in [1.54, 1.807) is 0 Å². The second-order valence-electron chi connectivity index (χ2n) is 2.98. The van der Waals surface area contributed by atoms with Crippen LogP contribution in [0.5, 0.6) is 0 Å². The smallest absolute Gasteiger partial charge is 0.0549 e. The molecule has 0 spiro atoms. The van der Waals surface area contributed by atoms with Gasteiger partial charge in [-0.25, -0.2) is 0 Å². The molecule has 2 nitrogen and oxygen atoms in total. The van der Waals surface area contributed by atoms with Crippen molar-refractivity contribution in [3.63, 3.8) is 0 Å². The highest BCUT2D eigenvalue weighted by Crippen LogP contribution is 2.01. The lowest BCUT2D eigenvalue weighted by atomic mass is 10.1. The van der Waals surface area contributed by atoms with E-state index in [0.717, 1.165) is 6.54 Å². The average Bonchev–Trinajstić information content (AvgIpc) is 1.90. The van der Waals surface area contributed by atoms with Gasteiger partial charge in [0.25, 0.3) is 0 Å². The van der Waals surface area contributed by atoms with E-state index < -0.39 is 0 Å². The Hall–Kier alpha value is -0.0800. The molecule has 0 bridgehead atoms. The van der Waals surface area contributed by atoms with E-state index in [4.69, 9.17) is 5.11 Å². The number of aliphatic hydroxyl groups is 1. The van der Waals surface area contributed by atoms with Crippen molar-refractivity contribution in [3.8, 4) is 0 Å². The molecule has 0 aliphatic heterocycles. The van der Waals surface area contributed by atoms with Gasteiger partial charge in [0.2, 0.25) is 0 Å². The molecule has 1 N–H and O–H groups in total. The lowest BCUT2D eigenvalue weighted by Crippen LogP contribution is -2.26. The Labute approximate surface area is 71.2 Å². The standard InChI is InChI=1S/C7H17NO.C2H6/c1-6(7(2)9)5-8(3)4;1-2/h6-7,9H,5H2,1-4H3;1-2H3. The summed E-state index contributed by atoms with van der Waals surface area (Å²) in [6.45, 7) is 8.83. The van der Waals surface area contributed by atoms with Crippen molar-refractivity contribution >= 4 is 0 Å². The minimum Gasteiger partial charge on any atom is -0.393 e. The zero-order valence-electron chi connectivity index (χ0n) is 8.76. The molecule has 11 heavy (non-hydrogen) atoms. The first-order valence-corrected chi connectivity index (χ1v) is 4.37. The summed E-state index contributed by atoms with van der Waals surface area (Å²) in [5.74, 6) is 0.375. The van der Waals surface area contributed by atoms with Crippen LogP contribution < -0.4 is 0 Å². The van der Waals surface area contributed by atoms with E-state index in [1.165, 1.54) is 0 Å². The van der Waals surface area contributed by atoms with Crippen molar-refractivity contribution in [1.29, 1.82) is 0 Å². The molecule has 70 valence electrons. The molecule has 0 saturated carbocycles. The van der Waals surface area contributed by atoms with E-state index in [1.807, 2.05) is 41.8 Å². The minimum atomic E-state index is -0.188. The van der Waals surface area contributed by atoms with Crippen LogP contribution in [0.25, 0.3) is 0 Å². The fourth-order valence-corrected chi connectivity index (χ4v) is 0.729. The van der Waals surface area contributed by atoms with Crippen molar-refractivity contribution in [2.75, 3.05) is 20.6 Å². The van der Waals surface area contributed by atoms with Gasteiger partial charge < -0.3 is 10.0 Å². The third-order valence-corrected chi connectivity index (χ3v) is 1.48. The Bertz CT molecular complexity index is 72.0. The van der Waals surface area contributed by atoms with Crippen LogP contribution in [-0.4, -0.2) is 36.8 Å². The van der Waals surface area contributed by atoms with Crippen molar-refractivity contribution in [3.05, 3.63) is 0 Å². The second kappa shape index (κ2) is 8.02. The molecule has 0 fully saturated rings. The van der Waals surface area contributed by atoms with Gasteiger partial charge in [-0.1, -0.05) is 20.8 Å². The normalized spacial score (nSPS) is 15.3. The zero-order valence-corrected chi connectivity index (χ0v) is 8.76. The predicted octanol–water partition coefficient (Wildman–Crippen LogP) is 1.59. The summed E-state index contributed by atoms with van der Waals surface area (Å²) < 4.78 is 0. The Morgan fingerprint density at radius 1 is 1.18 bits per heavy atom. The highest BCUT2D eigenvalue weighted by molar-refractivity contribution is 4.60. The molecular formula is C9H23NO. The molecule has 0 aromatic heterocycles. The van der Waals surface area contributed by atoms with E-state index in [9.17, 15) is 0 Å². The van der Waals surface area contributed by atoms with Gasteiger partial charge in [0.15, 0.2) is 0 Å². The van der Waals surface area contributed by atoms with Gasteiger partial charge in [0, 0.05) is 6.54 Å². The summed E-state index contributed by atoms with van der Waals surface area (Å²) in [6, 6.07) is 0. The third kappa shape index (κ3) is 9.92. The molecule has 0 rings (SSSR count). The van der Waals surface area contributed by atoms with Gasteiger partial charge >= 0.3 is 0 Å². The summed E-state index contributed by atoms with van der Waals surface area (Å²) in [7, 11) is 4.03. The summed E-state index contributed by atoms with van der Waals surface area (Å²) in [5.41, 5.74) is 0. The molecule has 0 saturated heterocycles. The molecule has 0 heterocycles. The van der Waals surface area contributed by atoms with Crippen LogP contribution in [0, 0.1) is 5.92 Å². The van der Waals surface area contributed by atoms with Gasteiger partial charge in [0.1, 0.15) is 0 Å². The SMILES string of the molecule is CC.CC(O)C(C)CN(C)C. The fourth-order valence-electron chi connectivity index (χ4n) is 0.729. The van der Waals surface area contributed by atoms with Gasteiger partial charge in [-0.3, -0.25) is 0 Å². The van der Waals surface area contributed by atoms with Crippen LogP contribution in [0.2, 0.25) is 0 Å². The largest absolute Gasteiger partial charge is 0.393 e. The number of hydrogen-bond acceptors (Lipinski definition) is 2. The van der Waals surface area contributed by atoms with Crippen LogP contribution in [0.4, 0.5) is 0 Å². The summed E-state index contributed by atoms with van der Waals surface area (Å²) in [5, 5.41) is 9.04. The number of aliphatic hydroxyl groups excluding tert-OH is 1. The van der Waals surface area contributed by atoms with E-state index in [0.29, 0.717) is 5.92 Å². The molecule has 0 aromatic carbocycles. The van der Waals surface area contributed by atoms with Crippen molar-refractivity contribution < 1.29 is 5.11 Å². The fraction of sp³-hybridized carbons (Fsp3) is 1.00. The summed E-state index contributed by atoms with van der Waals surface area (Å²) in [4.78, 5) is 2.08. The van der Waals surface area contributed by atoms with Gasteiger partial charge in [-0.05, 0) is 26.9 Å². The highest BCUT2D eigenvalue weighted by atomic mass is 16.3. The van der Waals surface area contributed by atoms with Crippen LogP contribution >= 0.6 is 0 Å². The van der Waals surface area contributed by atoms with Gasteiger partial charge in [-0.15, -0.1) is 0 Å². The van der Waals surface area contributed by atoms with Crippen LogP contribution in [0.1, 0.15) is 27.7 Å². The van der Waals surface area contributed by atoms with Crippen LogP contribution in [0.15, 0.2) is 0 Å². The van der Waals surface area contributed by atoms with Gasteiger partial charge in [-0.2, -0.15) is 0 Å².